The van der Waals surface area contributed by atoms with Gasteiger partial charge >= 0.3 is 0 Å². The van der Waals surface area contributed by atoms with E-state index in [2.05, 4.69) is 27.0 Å². The van der Waals surface area contributed by atoms with Crippen molar-refractivity contribution in [3.05, 3.63) is 64.8 Å². The zero-order valence-corrected chi connectivity index (χ0v) is 12.2. The number of pyridine rings is 1. The minimum absolute atomic E-state index is 0.0157. The van der Waals surface area contributed by atoms with Crippen molar-refractivity contribution in [2.45, 2.75) is 6.61 Å². The molecule has 0 radical (unpaired) electrons. The third kappa shape index (κ3) is 2.81. The lowest BCUT2D eigenvalue weighted by molar-refractivity contribution is 0.281. The molecule has 1 heterocycles. The Morgan fingerprint density at radius 1 is 1.00 bits per heavy atom. The minimum Gasteiger partial charge on any atom is -0.439 e. The Morgan fingerprint density at radius 2 is 1.80 bits per heavy atom. The number of aromatic nitrogens is 1. The van der Waals surface area contributed by atoms with E-state index in [-0.39, 0.29) is 6.61 Å². The summed E-state index contributed by atoms with van der Waals surface area (Å²) in [6.07, 6.45) is 1.60. The van der Waals surface area contributed by atoms with Crippen LogP contribution in [0.4, 0.5) is 0 Å². The Labute approximate surface area is 125 Å². The van der Waals surface area contributed by atoms with Gasteiger partial charge in [0.2, 0.25) is 5.88 Å². The van der Waals surface area contributed by atoms with Crippen LogP contribution in [0.2, 0.25) is 0 Å². The number of aliphatic hydroxyl groups is 1. The quantitative estimate of drug-likeness (QED) is 0.779. The number of halogens is 1. The molecule has 0 saturated heterocycles. The average Bonchev–Trinajstić information content (AvgIpc) is 2.48. The fraction of sp³-hybridized carbons (Fsp3) is 0.0625. The van der Waals surface area contributed by atoms with E-state index in [1.807, 2.05) is 30.3 Å². The highest BCUT2D eigenvalue weighted by Crippen LogP contribution is 2.26. The molecule has 3 nitrogen and oxygen atoms in total. The van der Waals surface area contributed by atoms with Gasteiger partial charge in [-0.05, 0) is 46.7 Å². The van der Waals surface area contributed by atoms with Crippen LogP contribution in [0.25, 0.3) is 10.8 Å². The second-order valence-corrected chi connectivity index (χ2v) is 5.33. The highest BCUT2D eigenvalue weighted by atomic mass is 79.9. The molecule has 0 unspecified atom stereocenters. The molecule has 4 heteroatoms. The summed E-state index contributed by atoms with van der Waals surface area (Å²) in [6, 6.07) is 15.5. The third-order valence-electron chi connectivity index (χ3n) is 2.98. The molecule has 0 bridgehead atoms. The maximum atomic E-state index is 8.97. The van der Waals surface area contributed by atoms with Crippen LogP contribution < -0.4 is 4.74 Å². The van der Waals surface area contributed by atoms with Gasteiger partial charge in [0.25, 0.3) is 0 Å². The molecule has 3 aromatic rings. The molecule has 1 aromatic heterocycles. The lowest BCUT2D eigenvalue weighted by atomic mass is 10.1. The number of ether oxygens (including phenoxy) is 1. The highest BCUT2D eigenvalue weighted by molar-refractivity contribution is 9.10. The van der Waals surface area contributed by atoms with E-state index >= 15 is 0 Å². The maximum absolute atomic E-state index is 8.97. The fourth-order valence-corrected chi connectivity index (χ4v) is 2.32. The van der Waals surface area contributed by atoms with Gasteiger partial charge in [-0.1, -0.05) is 28.1 Å². The number of rotatable bonds is 3. The van der Waals surface area contributed by atoms with Crippen molar-refractivity contribution in [2.24, 2.45) is 0 Å². The first-order chi connectivity index (χ1) is 9.74. The molecular weight excluding hydrogens is 318 g/mol. The lowest BCUT2D eigenvalue weighted by Crippen LogP contribution is -1.90. The van der Waals surface area contributed by atoms with E-state index in [0.29, 0.717) is 5.88 Å². The average molecular weight is 330 g/mol. The fourth-order valence-electron chi connectivity index (χ4n) is 1.94. The van der Waals surface area contributed by atoms with E-state index in [1.54, 1.807) is 18.3 Å². The second-order valence-electron chi connectivity index (χ2n) is 4.42. The van der Waals surface area contributed by atoms with E-state index in [4.69, 9.17) is 9.84 Å². The van der Waals surface area contributed by atoms with E-state index < -0.39 is 0 Å². The summed E-state index contributed by atoms with van der Waals surface area (Å²) in [7, 11) is 0. The summed E-state index contributed by atoms with van der Waals surface area (Å²) in [5.41, 5.74) is 0.765. The Kier molecular flexibility index (Phi) is 3.67. The number of hydrogen-bond donors (Lipinski definition) is 1. The van der Waals surface area contributed by atoms with Gasteiger partial charge in [-0.15, -0.1) is 0 Å². The Hall–Kier alpha value is -1.91. The number of nitrogens with zero attached hydrogens (tertiary/aromatic N) is 1. The number of benzene rings is 2. The second kappa shape index (κ2) is 5.61. The van der Waals surface area contributed by atoms with Crippen LogP contribution >= 0.6 is 15.9 Å². The van der Waals surface area contributed by atoms with E-state index in [9.17, 15) is 0 Å². The van der Waals surface area contributed by atoms with Crippen molar-refractivity contribution in [3.63, 3.8) is 0 Å². The van der Waals surface area contributed by atoms with Gasteiger partial charge in [0.1, 0.15) is 5.75 Å². The Balaban J connectivity index is 1.88. The summed E-state index contributed by atoms with van der Waals surface area (Å²) in [5.74, 6) is 1.25. The molecule has 0 amide bonds. The van der Waals surface area contributed by atoms with Crippen molar-refractivity contribution in [1.29, 1.82) is 0 Å². The smallest absolute Gasteiger partial charge is 0.219 e. The van der Waals surface area contributed by atoms with Gasteiger partial charge in [-0.25, -0.2) is 4.98 Å². The Morgan fingerprint density at radius 3 is 2.55 bits per heavy atom. The van der Waals surface area contributed by atoms with Crippen LogP contribution in [0.3, 0.4) is 0 Å². The molecule has 0 aliphatic carbocycles. The van der Waals surface area contributed by atoms with Gasteiger partial charge in [0, 0.05) is 16.7 Å². The standard InChI is InChI=1S/C16H12BrNO2/c17-14-4-2-13-8-15(5-3-12(13)7-14)20-16-6-1-11(10-19)9-18-16/h1-9,19H,10H2. The first-order valence-electron chi connectivity index (χ1n) is 6.17. The normalized spacial score (nSPS) is 10.7. The topological polar surface area (TPSA) is 42.4 Å². The van der Waals surface area contributed by atoms with E-state index in [1.165, 1.54) is 0 Å². The summed E-state index contributed by atoms with van der Waals surface area (Å²) < 4.78 is 6.77. The van der Waals surface area contributed by atoms with Crippen molar-refractivity contribution in [1.82, 2.24) is 4.98 Å². The van der Waals surface area contributed by atoms with Crippen LogP contribution in [-0.4, -0.2) is 10.1 Å². The molecule has 0 fully saturated rings. The zero-order chi connectivity index (χ0) is 13.9. The molecule has 1 N–H and O–H groups in total. The predicted octanol–water partition coefficient (Wildman–Crippen LogP) is 4.28. The summed E-state index contributed by atoms with van der Waals surface area (Å²) in [4.78, 5) is 4.15. The monoisotopic (exact) mass is 329 g/mol. The van der Waals surface area contributed by atoms with Crippen molar-refractivity contribution in [3.8, 4) is 11.6 Å². The molecule has 0 spiro atoms. The Bertz CT molecular complexity index is 741. The molecule has 20 heavy (non-hydrogen) atoms. The van der Waals surface area contributed by atoms with Crippen LogP contribution in [0.15, 0.2) is 59.2 Å². The van der Waals surface area contributed by atoms with Gasteiger partial charge < -0.3 is 9.84 Å². The maximum Gasteiger partial charge on any atom is 0.219 e. The van der Waals surface area contributed by atoms with Gasteiger partial charge in [-0.2, -0.15) is 0 Å². The van der Waals surface area contributed by atoms with Crippen LogP contribution in [-0.2, 0) is 6.61 Å². The predicted molar refractivity (Wildman–Crippen MR) is 81.9 cm³/mol. The van der Waals surface area contributed by atoms with Crippen molar-refractivity contribution < 1.29 is 9.84 Å². The zero-order valence-electron chi connectivity index (χ0n) is 10.6. The molecule has 0 atom stereocenters. The highest BCUT2D eigenvalue weighted by Gasteiger charge is 2.01. The molecule has 0 saturated carbocycles. The van der Waals surface area contributed by atoms with E-state index in [0.717, 1.165) is 26.6 Å². The summed E-state index contributed by atoms with van der Waals surface area (Å²) >= 11 is 3.46. The first-order valence-corrected chi connectivity index (χ1v) is 6.97. The van der Waals surface area contributed by atoms with Crippen molar-refractivity contribution >= 4 is 26.7 Å². The molecule has 3 rings (SSSR count). The molecule has 2 aromatic carbocycles. The molecule has 0 aliphatic heterocycles. The number of fused-ring (bicyclic) bond motifs is 1. The number of aliphatic hydroxyl groups excluding tert-OH is 1. The number of hydrogen-bond acceptors (Lipinski definition) is 3. The van der Waals surface area contributed by atoms with Crippen LogP contribution in [0.5, 0.6) is 11.6 Å². The first kappa shape index (κ1) is 13.1. The molecule has 0 aliphatic rings. The van der Waals surface area contributed by atoms with Gasteiger partial charge in [0.05, 0.1) is 6.61 Å². The third-order valence-corrected chi connectivity index (χ3v) is 3.47. The molecular formula is C16H12BrNO2. The molecule has 100 valence electrons. The lowest BCUT2D eigenvalue weighted by Gasteiger charge is -2.06. The minimum atomic E-state index is -0.0157. The van der Waals surface area contributed by atoms with Gasteiger partial charge in [0.15, 0.2) is 0 Å². The van der Waals surface area contributed by atoms with Crippen LogP contribution in [0.1, 0.15) is 5.56 Å². The summed E-state index contributed by atoms with van der Waals surface area (Å²) in [5, 5.41) is 11.2. The van der Waals surface area contributed by atoms with Gasteiger partial charge in [-0.3, -0.25) is 0 Å². The largest absolute Gasteiger partial charge is 0.439 e. The summed E-state index contributed by atoms with van der Waals surface area (Å²) in [6.45, 7) is -0.0157. The SMILES string of the molecule is OCc1ccc(Oc2ccc3cc(Br)ccc3c2)nc1. The van der Waals surface area contributed by atoms with Crippen molar-refractivity contribution in [2.75, 3.05) is 0 Å². The van der Waals surface area contributed by atoms with Crippen LogP contribution in [0, 0.1) is 0 Å².